The van der Waals surface area contributed by atoms with Crippen LogP contribution in [-0.2, 0) is 11.2 Å². The average Bonchev–Trinajstić information content (AvgIpc) is 2.97. The predicted molar refractivity (Wildman–Crippen MR) is 75.7 cm³/mol. The number of carbonyl (C=O) groups is 2. The third-order valence-electron chi connectivity index (χ3n) is 4.05. The highest BCUT2D eigenvalue weighted by Crippen LogP contribution is 2.37. The monoisotopic (exact) mass is 366 g/mol. The van der Waals surface area contributed by atoms with Crippen molar-refractivity contribution in [2.45, 2.75) is 12.6 Å². The van der Waals surface area contributed by atoms with Crippen molar-refractivity contribution in [2.24, 2.45) is 11.8 Å². The van der Waals surface area contributed by atoms with Crippen molar-refractivity contribution in [3.8, 4) is 0 Å². The molecule has 138 valence electrons. The number of urea groups is 1. The maximum absolute atomic E-state index is 13.5. The van der Waals surface area contributed by atoms with Crippen LogP contribution in [0.2, 0.25) is 0 Å². The van der Waals surface area contributed by atoms with E-state index in [9.17, 15) is 31.5 Å². The summed E-state index contributed by atoms with van der Waals surface area (Å²) >= 11 is 0. The lowest BCUT2D eigenvalue weighted by molar-refractivity contribution is -0.187. The van der Waals surface area contributed by atoms with E-state index in [4.69, 9.17) is 5.11 Å². The van der Waals surface area contributed by atoms with E-state index in [1.54, 1.807) is 0 Å². The standard InChI is InChI=1S/C15H15F5N2O3/c16-11-3-1-2-8(12(11)17)4-5-21-14(25)22-6-9(13(23)24)10(7-22)15(18,19)20/h1-3,9-10H,4-7H2,(H,21,25)(H,23,24)/t9-,10-/m1/s1. The van der Waals surface area contributed by atoms with Crippen molar-refractivity contribution in [1.29, 1.82) is 0 Å². The smallest absolute Gasteiger partial charge is 0.394 e. The zero-order valence-corrected chi connectivity index (χ0v) is 12.8. The van der Waals surface area contributed by atoms with Gasteiger partial charge in [-0.2, -0.15) is 13.2 Å². The number of carboxylic acids is 1. The molecule has 1 fully saturated rings. The van der Waals surface area contributed by atoms with E-state index in [0.717, 1.165) is 11.0 Å². The zero-order chi connectivity index (χ0) is 18.8. The van der Waals surface area contributed by atoms with Crippen molar-refractivity contribution in [3.63, 3.8) is 0 Å². The molecule has 0 aliphatic carbocycles. The quantitative estimate of drug-likeness (QED) is 0.804. The number of nitrogens with one attached hydrogen (secondary N) is 1. The van der Waals surface area contributed by atoms with E-state index in [0.29, 0.717) is 0 Å². The molecule has 1 saturated heterocycles. The summed E-state index contributed by atoms with van der Waals surface area (Å²) in [5.41, 5.74) is 0.0123. The number of carboxylic acid groups (broad SMARTS) is 1. The molecular weight excluding hydrogens is 351 g/mol. The van der Waals surface area contributed by atoms with Crippen molar-refractivity contribution in [2.75, 3.05) is 19.6 Å². The summed E-state index contributed by atoms with van der Waals surface area (Å²) in [6.07, 6.45) is -4.79. The number of benzene rings is 1. The van der Waals surface area contributed by atoms with Gasteiger partial charge in [0.2, 0.25) is 0 Å². The van der Waals surface area contributed by atoms with Crippen molar-refractivity contribution in [3.05, 3.63) is 35.4 Å². The summed E-state index contributed by atoms with van der Waals surface area (Å²) in [6.45, 7) is -1.47. The molecule has 2 N–H and O–H groups in total. The fraction of sp³-hybridized carbons (Fsp3) is 0.467. The Bertz CT molecular complexity index is 665. The second-order valence-corrected chi connectivity index (χ2v) is 5.69. The minimum absolute atomic E-state index is 0.0123. The molecule has 25 heavy (non-hydrogen) atoms. The van der Waals surface area contributed by atoms with Gasteiger partial charge in [-0.15, -0.1) is 0 Å². The number of rotatable bonds is 4. The van der Waals surface area contributed by atoms with Crippen molar-refractivity contribution in [1.82, 2.24) is 10.2 Å². The Balaban J connectivity index is 1.93. The molecular formula is C15H15F5N2O3. The molecule has 1 aromatic rings. The topological polar surface area (TPSA) is 69.6 Å². The van der Waals surface area contributed by atoms with Gasteiger partial charge in [0.25, 0.3) is 0 Å². The minimum atomic E-state index is -4.73. The lowest BCUT2D eigenvalue weighted by Gasteiger charge is -2.18. The van der Waals surface area contributed by atoms with E-state index in [1.165, 1.54) is 12.1 Å². The van der Waals surface area contributed by atoms with Gasteiger partial charge < -0.3 is 15.3 Å². The molecule has 0 unspecified atom stereocenters. The number of amides is 2. The van der Waals surface area contributed by atoms with E-state index in [1.807, 2.05) is 0 Å². The molecule has 1 aliphatic heterocycles. The van der Waals surface area contributed by atoms with E-state index >= 15 is 0 Å². The molecule has 1 aliphatic rings. The second-order valence-electron chi connectivity index (χ2n) is 5.69. The van der Waals surface area contributed by atoms with Gasteiger partial charge in [0.15, 0.2) is 11.6 Å². The Morgan fingerprint density at radius 1 is 1.24 bits per heavy atom. The SMILES string of the molecule is O=C(O)[C@@H]1CN(C(=O)NCCc2cccc(F)c2F)C[C@H]1C(F)(F)F. The third-order valence-corrected chi connectivity index (χ3v) is 4.05. The zero-order valence-electron chi connectivity index (χ0n) is 12.8. The molecule has 0 saturated carbocycles. The van der Waals surface area contributed by atoms with Crippen molar-refractivity contribution >= 4 is 12.0 Å². The Morgan fingerprint density at radius 2 is 1.92 bits per heavy atom. The Morgan fingerprint density at radius 3 is 2.48 bits per heavy atom. The van der Waals surface area contributed by atoms with Gasteiger partial charge >= 0.3 is 18.2 Å². The van der Waals surface area contributed by atoms with Gasteiger partial charge in [-0.1, -0.05) is 12.1 Å². The predicted octanol–water partition coefficient (Wildman–Crippen LogP) is 2.41. The number of hydrogen-bond acceptors (Lipinski definition) is 2. The van der Waals surface area contributed by atoms with E-state index in [-0.39, 0.29) is 18.5 Å². The normalized spacial score (nSPS) is 20.6. The van der Waals surface area contributed by atoms with Crippen LogP contribution in [0.3, 0.4) is 0 Å². The first-order chi connectivity index (χ1) is 11.6. The summed E-state index contributed by atoms with van der Waals surface area (Å²) in [5, 5.41) is 11.2. The highest BCUT2D eigenvalue weighted by molar-refractivity contribution is 5.77. The summed E-state index contributed by atoms with van der Waals surface area (Å²) in [7, 11) is 0. The lowest BCUT2D eigenvalue weighted by Crippen LogP contribution is -2.40. The lowest BCUT2D eigenvalue weighted by atomic mass is 9.96. The molecule has 2 rings (SSSR count). The van der Waals surface area contributed by atoms with Gasteiger partial charge in [-0.3, -0.25) is 4.79 Å². The summed E-state index contributed by atoms with van der Waals surface area (Å²) in [6, 6.07) is 2.67. The summed E-state index contributed by atoms with van der Waals surface area (Å²) in [5.74, 6) is -7.59. The van der Waals surface area contributed by atoms with Crippen LogP contribution in [0.1, 0.15) is 5.56 Å². The first-order valence-electron chi connectivity index (χ1n) is 7.36. The molecule has 0 spiro atoms. The van der Waals surface area contributed by atoms with Crippen LogP contribution in [0.4, 0.5) is 26.7 Å². The number of alkyl halides is 3. The molecule has 0 radical (unpaired) electrons. The fourth-order valence-corrected chi connectivity index (χ4v) is 2.71. The van der Waals surface area contributed by atoms with Gasteiger partial charge in [0, 0.05) is 19.6 Å². The van der Waals surface area contributed by atoms with Crippen LogP contribution in [0.25, 0.3) is 0 Å². The number of hydrogen-bond donors (Lipinski definition) is 2. The van der Waals surface area contributed by atoms with E-state index < -0.39 is 54.7 Å². The van der Waals surface area contributed by atoms with Crippen LogP contribution < -0.4 is 5.32 Å². The van der Waals surface area contributed by atoms with Gasteiger partial charge in [0.1, 0.15) is 0 Å². The van der Waals surface area contributed by atoms with Crippen LogP contribution in [0.5, 0.6) is 0 Å². The molecule has 10 heteroatoms. The first-order valence-corrected chi connectivity index (χ1v) is 7.36. The highest BCUT2D eigenvalue weighted by atomic mass is 19.4. The summed E-state index contributed by atoms with van der Waals surface area (Å²) in [4.78, 5) is 23.6. The summed E-state index contributed by atoms with van der Waals surface area (Å²) < 4.78 is 65.1. The Kier molecular flexibility index (Phi) is 5.48. The van der Waals surface area contributed by atoms with Gasteiger partial charge in [-0.05, 0) is 18.1 Å². The van der Waals surface area contributed by atoms with Crippen LogP contribution >= 0.6 is 0 Å². The largest absolute Gasteiger partial charge is 0.481 e. The maximum atomic E-state index is 13.5. The number of halogens is 5. The molecule has 0 bridgehead atoms. The fourth-order valence-electron chi connectivity index (χ4n) is 2.71. The molecule has 0 aromatic heterocycles. The third kappa shape index (κ3) is 4.37. The van der Waals surface area contributed by atoms with Crippen molar-refractivity contribution < 1.29 is 36.6 Å². The van der Waals surface area contributed by atoms with Gasteiger partial charge in [-0.25, -0.2) is 13.6 Å². The maximum Gasteiger partial charge on any atom is 0.394 e. The van der Waals surface area contributed by atoms with Crippen LogP contribution in [0.15, 0.2) is 18.2 Å². The Labute approximate surface area is 139 Å². The molecule has 1 heterocycles. The molecule has 1 aromatic carbocycles. The highest BCUT2D eigenvalue weighted by Gasteiger charge is 2.53. The number of likely N-dealkylation sites (tertiary alicyclic amines) is 1. The first kappa shape index (κ1) is 18.9. The van der Waals surface area contributed by atoms with Crippen LogP contribution in [-0.4, -0.2) is 47.8 Å². The van der Waals surface area contributed by atoms with Crippen LogP contribution in [0, 0.1) is 23.5 Å². The molecule has 2 atom stereocenters. The van der Waals surface area contributed by atoms with Gasteiger partial charge in [0.05, 0.1) is 11.8 Å². The minimum Gasteiger partial charge on any atom is -0.481 e. The number of nitrogens with zero attached hydrogens (tertiary/aromatic N) is 1. The molecule has 5 nitrogen and oxygen atoms in total. The number of carbonyl (C=O) groups excluding carboxylic acids is 1. The molecule has 2 amide bonds. The average molecular weight is 366 g/mol. The number of aliphatic carboxylic acids is 1. The van der Waals surface area contributed by atoms with E-state index in [2.05, 4.69) is 5.32 Å². The Hall–Kier alpha value is -2.39. The second kappa shape index (κ2) is 7.24.